The van der Waals surface area contributed by atoms with Gasteiger partial charge >= 0.3 is 0 Å². The summed E-state index contributed by atoms with van der Waals surface area (Å²) < 4.78 is 0. The average Bonchev–Trinajstić information content (AvgIpc) is 2.90. The lowest BCUT2D eigenvalue weighted by atomic mass is 9.78. The molecule has 0 amide bonds. The Morgan fingerprint density at radius 1 is 0.960 bits per heavy atom. The van der Waals surface area contributed by atoms with E-state index in [2.05, 4.69) is 69.7 Å². The first kappa shape index (κ1) is 17.4. The number of aliphatic imine (C=N–C) groups is 1. The first-order chi connectivity index (χ1) is 11.6. The molecule has 0 fully saturated rings. The average molecular weight is 334 g/mol. The first-order valence-corrected chi connectivity index (χ1v) is 8.66. The molecule has 1 aromatic heterocycles. The van der Waals surface area contributed by atoms with Crippen molar-refractivity contribution < 1.29 is 5.11 Å². The summed E-state index contributed by atoms with van der Waals surface area (Å²) >= 11 is 0. The molecule has 0 saturated carbocycles. The molecule has 1 aliphatic heterocycles. The van der Waals surface area contributed by atoms with Gasteiger partial charge in [0, 0.05) is 34.7 Å². The second-order valence-electron chi connectivity index (χ2n) is 8.70. The van der Waals surface area contributed by atoms with E-state index < -0.39 is 0 Å². The van der Waals surface area contributed by atoms with E-state index >= 15 is 0 Å². The van der Waals surface area contributed by atoms with Crippen LogP contribution in [-0.4, -0.2) is 16.3 Å². The summed E-state index contributed by atoms with van der Waals surface area (Å²) in [6, 6.07) is 8.13. The molecule has 1 N–H and O–H groups in total. The quantitative estimate of drug-likeness (QED) is 0.733. The number of allylic oxidation sites excluding steroid dienone is 1. The summed E-state index contributed by atoms with van der Waals surface area (Å²) in [5.41, 5.74) is 4.83. The van der Waals surface area contributed by atoms with Gasteiger partial charge in [0.15, 0.2) is 5.82 Å². The number of aromatic nitrogens is 1. The van der Waals surface area contributed by atoms with Crippen molar-refractivity contribution in [3.63, 3.8) is 0 Å². The fraction of sp³-hybridized carbons (Fsp3) is 0.364. The van der Waals surface area contributed by atoms with Gasteiger partial charge in [-0.25, -0.2) is 9.98 Å². The zero-order valence-electron chi connectivity index (χ0n) is 15.9. The Bertz CT molecular complexity index is 843. The lowest BCUT2D eigenvalue weighted by Gasteiger charge is -2.28. The summed E-state index contributed by atoms with van der Waals surface area (Å²) in [5, 5.41) is 10.8. The van der Waals surface area contributed by atoms with Crippen LogP contribution in [0, 0.1) is 0 Å². The SMILES string of the molecule is CC(C)(C)c1cc(/C=C2\C=Nc3ncccc32)cc(C(C)(C)C)c1O. The van der Waals surface area contributed by atoms with Gasteiger partial charge in [-0.15, -0.1) is 0 Å². The molecular weight excluding hydrogens is 308 g/mol. The monoisotopic (exact) mass is 334 g/mol. The van der Waals surface area contributed by atoms with E-state index in [1.165, 1.54) is 0 Å². The van der Waals surface area contributed by atoms with Crippen LogP contribution in [0.15, 0.2) is 35.5 Å². The molecule has 2 aromatic rings. The lowest BCUT2D eigenvalue weighted by molar-refractivity contribution is 0.423. The third-order valence-corrected chi connectivity index (χ3v) is 4.49. The Morgan fingerprint density at radius 3 is 2.12 bits per heavy atom. The maximum atomic E-state index is 10.8. The second kappa shape index (κ2) is 5.83. The van der Waals surface area contributed by atoms with E-state index in [0.29, 0.717) is 5.75 Å². The van der Waals surface area contributed by atoms with Crippen molar-refractivity contribution in [2.75, 3.05) is 0 Å². The minimum absolute atomic E-state index is 0.137. The first-order valence-electron chi connectivity index (χ1n) is 8.66. The van der Waals surface area contributed by atoms with E-state index in [0.717, 1.165) is 33.6 Å². The maximum absolute atomic E-state index is 10.8. The highest BCUT2D eigenvalue weighted by molar-refractivity contribution is 6.20. The Balaban J connectivity index is 2.18. The van der Waals surface area contributed by atoms with Crippen LogP contribution in [-0.2, 0) is 10.8 Å². The van der Waals surface area contributed by atoms with Gasteiger partial charge in [0.2, 0.25) is 0 Å². The number of phenolic OH excluding ortho intramolecular Hbond substituents is 1. The fourth-order valence-corrected chi connectivity index (χ4v) is 3.10. The van der Waals surface area contributed by atoms with Crippen molar-refractivity contribution in [1.29, 1.82) is 0 Å². The molecule has 0 spiro atoms. The summed E-state index contributed by atoms with van der Waals surface area (Å²) in [6.07, 6.45) is 5.74. The molecular formula is C22H26N2O. The van der Waals surface area contributed by atoms with Gasteiger partial charge < -0.3 is 5.11 Å². The summed E-state index contributed by atoms with van der Waals surface area (Å²) in [5.74, 6) is 1.17. The molecule has 3 nitrogen and oxygen atoms in total. The maximum Gasteiger partial charge on any atom is 0.159 e. The standard InChI is InChI=1S/C22H26N2O/c1-21(2,3)17-11-14(12-18(19(17)25)22(4,5)6)10-15-13-24-20-16(15)8-7-9-23-20/h7-13,25H,1-6H3/b15-10+. The van der Waals surface area contributed by atoms with E-state index in [1.54, 1.807) is 6.20 Å². The smallest absolute Gasteiger partial charge is 0.159 e. The Hall–Kier alpha value is -2.42. The number of pyridine rings is 1. The summed E-state index contributed by atoms with van der Waals surface area (Å²) in [6.45, 7) is 12.8. The van der Waals surface area contributed by atoms with Crippen LogP contribution >= 0.6 is 0 Å². The molecule has 130 valence electrons. The van der Waals surface area contributed by atoms with Gasteiger partial charge in [0.1, 0.15) is 5.75 Å². The largest absolute Gasteiger partial charge is 0.507 e. The summed E-state index contributed by atoms with van der Waals surface area (Å²) in [7, 11) is 0. The Morgan fingerprint density at radius 2 is 1.56 bits per heavy atom. The number of phenols is 1. The molecule has 3 rings (SSSR count). The molecule has 0 unspecified atom stereocenters. The van der Waals surface area contributed by atoms with E-state index in [9.17, 15) is 5.11 Å². The zero-order chi connectivity index (χ0) is 18.4. The van der Waals surface area contributed by atoms with Crippen molar-refractivity contribution in [2.24, 2.45) is 4.99 Å². The number of hydrogen-bond donors (Lipinski definition) is 1. The van der Waals surface area contributed by atoms with Crippen LogP contribution in [0.5, 0.6) is 5.75 Å². The van der Waals surface area contributed by atoms with Crippen LogP contribution in [0.2, 0.25) is 0 Å². The molecule has 0 radical (unpaired) electrons. The predicted octanol–water partition coefficient (Wildman–Crippen LogP) is 5.64. The van der Waals surface area contributed by atoms with Crippen molar-refractivity contribution in [1.82, 2.24) is 4.98 Å². The Labute approximate surface area is 150 Å². The number of aromatic hydroxyl groups is 1. The molecule has 1 aliphatic rings. The van der Waals surface area contributed by atoms with Crippen molar-refractivity contribution in [3.8, 4) is 5.75 Å². The van der Waals surface area contributed by atoms with E-state index in [-0.39, 0.29) is 10.8 Å². The molecule has 2 heterocycles. The highest BCUT2D eigenvalue weighted by Gasteiger charge is 2.26. The molecule has 0 saturated heterocycles. The topological polar surface area (TPSA) is 45.5 Å². The molecule has 3 heteroatoms. The van der Waals surface area contributed by atoms with Crippen LogP contribution in [0.25, 0.3) is 11.6 Å². The predicted molar refractivity (Wildman–Crippen MR) is 106 cm³/mol. The van der Waals surface area contributed by atoms with Crippen molar-refractivity contribution in [3.05, 3.63) is 52.7 Å². The van der Waals surface area contributed by atoms with Gasteiger partial charge in [-0.3, -0.25) is 0 Å². The molecule has 0 aliphatic carbocycles. The van der Waals surface area contributed by atoms with Crippen molar-refractivity contribution in [2.45, 2.75) is 52.4 Å². The normalized spacial score (nSPS) is 15.7. The van der Waals surface area contributed by atoms with E-state index in [1.807, 2.05) is 18.3 Å². The fourth-order valence-electron chi connectivity index (χ4n) is 3.10. The van der Waals surface area contributed by atoms with Crippen molar-refractivity contribution >= 4 is 23.7 Å². The molecule has 0 bridgehead atoms. The summed E-state index contributed by atoms with van der Waals surface area (Å²) in [4.78, 5) is 8.68. The highest BCUT2D eigenvalue weighted by Crippen LogP contribution is 2.40. The number of hydrogen-bond acceptors (Lipinski definition) is 3. The zero-order valence-corrected chi connectivity index (χ0v) is 15.9. The number of fused-ring (bicyclic) bond motifs is 1. The third kappa shape index (κ3) is 3.37. The third-order valence-electron chi connectivity index (χ3n) is 4.49. The van der Waals surface area contributed by atoms with Gasteiger partial charge in [-0.2, -0.15) is 0 Å². The Kier molecular flexibility index (Phi) is 4.06. The van der Waals surface area contributed by atoms with E-state index in [4.69, 9.17) is 0 Å². The minimum atomic E-state index is -0.137. The molecule has 0 atom stereocenters. The van der Waals surface area contributed by atoms with Crippen LogP contribution in [0.3, 0.4) is 0 Å². The van der Waals surface area contributed by atoms with Crippen LogP contribution in [0.1, 0.15) is 63.8 Å². The number of nitrogens with zero attached hydrogens (tertiary/aromatic N) is 2. The second-order valence-corrected chi connectivity index (χ2v) is 8.70. The molecule has 25 heavy (non-hydrogen) atoms. The van der Waals surface area contributed by atoms with Gasteiger partial charge in [0.05, 0.1) is 0 Å². The van der Waals surface area contributed by atoms with Crippen LogP contribution < -0.4 is 0 Å². The van der Waals surface area contributed by atoms with Gasteiger partial charge in [-0.1, -0.05) is 41.5 Å². The number of benzene rings is 1. The van der Waals surface area contributed by atoms with Gasteiger partial charge in [-0.05, 0) is 46.7 Å². The van der Waals surface area contributed by atoms with Gasteiger partial charge in [0.25, 0.3) is 0 Å². The lowest BCUT2D eigenvalue weighted by Crippen LogP contribution is -2.17. The molecule has 1 aromatic carbocycles. The van der Waals surface area contributed by atoms with Crippen LogP contribution in [0.4, 0.5) is 5.82 Å². The minimum Gasteiger partial charge on any atom is -0.507 e. The highest BCUT2D eigenvalue weighted by atomic mass is 16.3. The number of rotatable bonds is 1.